The van der Waals surface area contributed by atoms with E-state index in [4.69, 9.17) is 0 Å². The Kier molecular flexibility index (Phi) is 6.15. The highest BCUT2D eigenvalue weighted by molar-refractivity contribution is 5.78. The largest absolute Gasteiger partial charge is 0.340 e. The van der Waals surface area contributed by atoms with Gasteiger partial charge in [-0.1, -0.05) is 24.3 Å². The summed E-state index contributed by atoms with van der Waals surface area (Å²) in [6.45, 7) is 6.86. The summed E-state index contributed by atoms with van der Waals surface area (Å²) in [5.74, 6) is 2.59. The van der Waals surface area contributed by atoms with Crippen molar-refractivity contribution in [3.05, 3.63) is 35.4 Å². The fraction of sp³-hybridized carbons (Fsp3) is 0.692. The van der Waals surface area contributed by atoms with Crippen LogP contribution in [0.25, 0.3) is 0 Å². The Balaban J connectivity index is 1.02. The maximum absolute atomic E-state index is 12.6. The molecule has 174 valence electrons. The van der Waals surface area contributed by atoms with Crippen LogP contribution in [-0.4, -0.2) is 60.0 Å². The molecule has 1 aliphatic heterocycles. The number of urea groups is 1. The SMILES string of the molecule is Cc1ccccc1CN1CCN(C(=O)CCNC(=O)NC23CC4CC(CC(C4)C2)C3)CC1. The Labute approximate surface area is 192 Å². The number of piperazine rings is 1. The summed E-state index contributed by atoms with van der Waals surface area (Å²) in [5.41, 5.74) is 2.71. The predicted molar refractivity (Wildman–Crippen MR) is 125 cm³/mol. The van der Waals surface area contributed by atoms with Crippen molar-refractivity contribution in [2.45, 2.75) is 64.0 Å². The van der Waals surface area contributed by atoms with Crippen LogP contribution in [0.2, 0.25) is 0 Å². The number of rotatable bonds is 6. The third kappa shape index (κ3) is 4.80. The highest BCUT2D eigenvalue weighted by Crippen LogP contribution is 2.55. The highest BCUT2D eigenvalue weighted by Gasteiger charge is 2.51. The Morgan fingerprint density at radius 1 is 0.969 bits per heavy atom. The Hall–Kier alpha value is -2.08. The van der Waals surface area contributed by atoms with E-state index in [1.165, 1.54) is 30.4 Å². The van der Waals surface area contributed by atoms with Crippen LogP contribution in [0.15, 0.2) is 24.3 Å². The summed E-state index contributed by atoms with van der Waals surface area (Å²) in [6, 6.07) is 8.43. The molecule has 3 amide bonds. The van der Waals surface area contributed by atoms with E-state index in [1.807, 2.05) is 4.90 Å². The lowest BCUT2D eigenvalue weighted by molar-refractivity contribution is -0.132. The molecule has 4 saturated carbocycles. The molecule has 1 aromatic carbocycles. The zero-order chi connectivity index (χ0) is 22.1. The molecule has 6 rings (SSSR count). The number of carbonyl (C=O) groups excluding carboxylic acids is 2. The molecule has 2 N–H and O–H groups in total. The van der Waals surface area contributed by atoms with E-state index < -0.39 is 0 Å². The monoisotopic (exact) mass is 438 g/mol. The van der Waals surface area contributed by atoms with E-state index in [-0.39, 0.29) is 17.5 Å². The lowest BCUT2D eigenvalue weighted by atomic mass is 9.53. The molecule has 1 saturated heterocycles. The molecule has 6 nitrogen and oxygen atoms in total. The third-order valence-corrected chi connectivity index (χ3v) is 8.42. The van der Waals surface area contributed by atoms with Crippen LogP contribution in [0.5, 0.6) is 0 Å². The topological polar surface area (TPSA) is 64.7 Å². The second-order valence-electron chi connectivity index (χ2n) is 10.9. The van der Waals surface area contributed by atoms with E-state index in [0.29, 0.717) is 13.0 Å². The van der Waals surface area contributed by atoms with Crippen molar-refractivity contribution in [2.75, 3.05) is 32.7 Å². The van der Waals surface area contributed by atoms with Gasteiger partial charge in [0.15, 0.2) is 0 Å². The van der Waals surface area contributed by atoms with E-state index in [1.54, 1.807) is 0 Å². The lowest BCUT2D eigenvalue weighted by Crippen LogP contribution is -2.61. The first kappa shape index (κ1) is 21.7. The zero-order valence-corrected chi connectivity index (χ0v) is 19.4. The summed E-state index contributed by atoms with van der Waals surface area (Å²) < 4.78 is 0. The molecule has 0 radical (unpaired) electrons. The maximum Gasteiger partial charge on any atom is 0.315 e. The van der Waals surface area contributed by atoms with Crippen molar-refractivity contribution < 1.29 is 9.59 Å². The summed E-state index contributed by atoms with van der Waals surface area (Å²) in [7, 11) is 0. The van der Waals surface area contributed by atoms with Gasteiger partial charge < -0.3 is 15.5 Å². The van der Waals surface area contributed by atoms with E-state index in [2.05, 4.69) is 46.7 Å². The Morgan fingerprint density at radius 3 is 2.22 bits per heavy atom. The fourth-order valence-electron chi connectivity index (χ4n) is 7.17. The molecule has 5 fully saturated rings. The van der Waals surface area contributed by atoms with Gasteiger partial charge in [0, 0.05) is 51.2 Å². The van der Waals surface area contributed by atoms with Gasteiger partial charge >= 0.3 is 6.03 Å². The molecule has 0 unspecified atom stereocenters. The maximum atomic E-state index is 12.6. The molecule has 6 heteroatoms. The van der Waals surface area contributed by atoms with Crippen LogP contribution in [0.3, 0.4) is 0 Å². The third-order valence-electron chi connectivity index (χ3n) is 8.42. The second-order valence-corrected chi connectivity index (χ2v) is 10.9. The van der Waals surface area contributed by atoms with Gasteiger partial charge in [-0.3, -0.25) is 9.69 Å². The number of benzene rings is 1. The van der Waals surface area contributed by atoms with Crippen molar-refractivity contribution in [1.82, 2.24) is 20.4 Å². The summed E-state index contributed by atoms with van der Waals surface area (Å²) in [6.07, 6.45) is 7.94. The van der Waals surface area contributed by atoms with Gasteiger partial charge in [-0.2, -0.15) is 0 Å². The lowest BCUT2D eigenvalue weighted by Gasteiger charge is -2.56. The first-order valence-corrected chi connectivity index (χ1v) is 12.6. The van der Waals surface area contributed by atoms with E-state index >= 15 is 0 Å². The van der Waals surface area contributed by atoms with Crippen molar-refractivity contribution >= 4 is 11.9 Å². The van der Waals surface area contributed by atoms with Gasteiger partial charge in [0.1, 0.15) is 0 Å². The van der Waals surface area contributed by atoms with Crippen molar-refractivity contribution in [3.8, 4) is 0 Å². The van der Waals surface area contributed by atoms with Crippen LogP contribution in [0.4, 0.5) is 4.79 Å². The minimum absolute atomic E-state index is 0.0241. The number of carbonyl (C=O) groups is 2. The quantitative estimate of drug-likeness (QED) is 0.716. The second kappa shape index (κ2) is 9.05. The Morgan fingerprint density at radius 2 is 1.59 bits per heavy atom. The molecule has 0 spiro atoms. The van der Waals surface area contributed by atoms with Gasteiger partial charge in [-0.25, -0.2) is 4.79 Å². The first-order chi connectivity index (χ1) is 15.5. The minimum atomic E-state index is -0.0807. The predicted octanol–water partition coefficient (Wildman–Crippen LogP) is 3.30. The van der Waals surface area contributed by atoms with Crippen molar-refractivity contribution in [3.63, 3.8) is 0 Å². The van der Waals surface area contributed by atoms with Gasteiger partial charge in [0.25, 0.3) is 0 Å². The van der Waals surface area contributed by atoms with Gasteiger partial charge in [0.05, 0.1) is 0 Å². The highest BCUT2D eigenvalue weighted by atomic mass is 16.2. The van der Waals surface area contributed by atoms with Crippen molar-refractivity contribution in [1.29, 1.82) is 0 Å². The molecule has 5 aliphatic rings. The van der Waals surface area contributed by atoms with E-state index in [9.17, 15) is 9.59 Å². The van der Waals surface area contributed by atoms with Crippen LogP contribution >= 0.6 is 0 Å². The summed E-state index contributed by atoms with van der Waals surface area (Å²) in [5, 5.41) is 6.30. The summed E-state index contributed by atoms with van der Waals surface area (Å²) in [4.78, 5) is 29.6. The number of amides is 3. The fourth-order valence-corrected chi connectivity index (χ4v) is 7.17. The zero-order valence-electron chi connectivity index (χ0n) is 19.4. The first-order valence-electron chi connectivity index (χ1n) is 12.6. The van der Waals surface area contributed by atoms with Gasteiger partial charge in [-0.15, -0.1) is 0 Å². The van der Waals surface area contributed by atoms with Crippen LogP contribution < -0.4 is 10.6 Å². The average Bonchev–Trinajstić information content (AvgIpc) is 2.74. The molecule has 4 bridgehead atoms. The molecule has 4 aliphatic carbocycles. The average molecular weight is 439 g/mol. The molecular formula is C26H38N4O2. The Bertz CT molecular complexity index is 811. The van der Waals surface area contributed by atoms with Crippen LogP contribution in [0, 0.1) is 24.7 Å². The van der Waals surface area contributed by atoms with Crippen LogP contribution in [0.1, 0.15) is 56.1 Å². The number of hydrogen-bond donors (Lipinski definition) is 2. The standard InChI is InChI=1S/C26H38N4O2/c1-19-4-2-3-5-23(19)18-29-8-10-30(11-9-29)24(31)6-7-27-25(32)28-26-15-20-12-21(16-26)14-22(13-20)17-26/h2-5,20-22H,6-18H2,1H3,(H2,27,28,32). The summed E-state index contributed by atoms with van der Waals surface area (Å²) >= 11 is 0. The smallest absolute Gasteiger partial charge is 0.315 e. The van der Waals surface area contributed by atoms with Crippen LogP contribution in [-0.2, 0) is 11.3 Å². The number of hydrogen-bond acceptors (Lipinski definition) is 3. The molecule has 32 heavy (non-hydrogen) atoms. The number of nitrogens with one attached hydrogen (secondary N) is 2. The number of nitrogens with zero attached hydrogens (tertiary/aromatic N) is 2. The number of aryl methyl sites for hydroxylation is 1. The molecular weight excluding hydrogens is 400 g/mol. The van der Waals surface area contributed by atoms with Gasteiger partial charge in [0.2, 0.25) is 5.91 Å². The molecule has 1 aromatic rings. The molecule has 0 aromatic heterocycles. The molecule has 1 heterocycles. The minimum Gasteiger partial charge on any atom is -0.340 e. The normalized spacial score (nSPS) is 31.5. The van der Waals surface area contributed by atoms with Crippen molar-refractivity contribution in [2.24, 2.45) is 17.8 Å². The van der Waals surface area contributed by atoms with E-state index in [0.717, 1.165) is 69.7 Å². The molecule has 0 atom stereocenters. The van der Waals surface area contributed by atoms with Gasteiger partial charge in [-0.05, 0) is 74.3 Å².